The maximum absolute atomic E-state index is 12.2. The summed E-state index contributed by atoms with van der Waals surface area (Å²) in [6.45, 7) is 7.46. The number of thiophene rings is 1. The summed E-state index contributed by atoms with van der Waals surface area (Å²) >= 11 is 1.38. The molecule has 0 aliphatic carbocycles. The zero-order valence-electron chi connectivity index (χ0n) is 14.8. The fraction of sp³-hybridized carbons (Fsp3) is 0.529. The first-order chi connectivity index (χ1) is 12.1. The number of rotatable bonds is 9. The molecule has 2 aromatic heterocycles. The van der Waals surface area contributed by atoms with Crippen LogP contribution in [0.5, 0.6) is 0 Å². The van der Waals surface area contributed by atoms with Crippen LogP contribution >= 0.6 is 11.3 Å². The first kappa shape index (κ1) is 19.1. The number of anilines is 1. The van der Waals surface area contributed by atoms with Crippen molar-refractivity contribution in [3.63, 3.8) is 0 Å². The van der Waals surface area contributed by atoms with E-state index in [1.807, 2.05) is 4.90 Å². The van der Waals surface area contributed by atoms with E-state index in [0.29, 0.717) is 43.1 Å². The lowest BCUT2D eigenvalue weighted by Gasteiger charge is -2.23. The molecule has 0 aliphatic rings. The Labute approximate surface area is 151 Å². The van der Waals surface area contributed by atoms with E-state index in [9.17, 15) is 9.59 Å². The molecule has 2 heterocycles. The number of hydrogen-bond donors (Lipinski definition) is 0. The summed E-state index contributed by atoms with van der Waals surface area (Å²) < 4.78 is 10.1. The van der Waals surface area contributed by atoms with Crippen LogP contribution in [0.3, 0.4) is 0 Å². The minimum Gasteiger partial charge on any atom is -0.466 e. The van der Waals surface area contributed by atoms with Gasteiger partial charge >= 0.3 is 11.9 Å². The molecule has 0 saturated carbocycles. The highest BCUT2D eigenvalue weighted by Crippen LogP contribution is 2.32. The minimum atomic E-state index is -0.383. The van der Waals surface area contributed by atoms with E-state index in [0.717, 1.165) is 11.3 Å². The summed E-state index contributed by atoms with van der Waals surface area (Å²) in [5.74, 6) is 0.0249. The highest BCUT2D eigenvalue weighted by atomic mass is 32.1. The van der Waals surface area contributed by atoms with Crippen LogP contribution in [0.25, 0.3) is 10.2 Å². The molecule has 0 unspecified atom stereocenters. The normalized spacial score (nSPS) is 10.7. The average Bonchev–Trinajstić information content (AvgIpc) is 3.03. The molecule has 136 valence electrons. The van der Waals surface area contributed by atoms with Crippen molar-refractivity contribution in [2.75, 3.05) is 31.2 Å². The Bertz CT molecular complexity index is 732. The molecule has 0 N–H and O–H groups in total. The van der Waals surface area contributed by atoms with Gasteiger partial charge in [-0.3, -0.25) is 4.79 Å². The van der Waals surface area contributed by atoms with Gasteiger partial charge in [-0.2, -0.15) is 0 Å². The van der Waals surface area contributed by atoms with Gasteiger partial charge in [-0.15, -0.1) is 11.3 Å². The number of ether oxygens (including phenoxy) is 2. The van der Waals surface area contributed by atoms with Gasteiger partial charge in [0.15, 0.2) is 0 Å². The molecule has 2 aromatic rings. The van der Waals surface area contributed by atoms with E-state index >= 15 is 0 Å². The van der Waals surface area contributed by atoms with Crippen molar-refractivity contribution in [3.8, 4) is 0 Å². The second-order valence-corrected chi connectivity index (χ2v) is 6.15. The summed E-state index contributed by atoms with van der Waals surface area (Å²) in [6.07, 6.45) is 2.63. The molecule has 0 fully saturated rings. The largest absolute Gasteiger partial charge is 0.466 e. The Balaban J connectivity index is 2.36. The second-order valence-electron chi connectivity index (χ2n) is 5.29. The first-order valence-electron chi connectivity index (χ1n) is 8.42. The number of fused-ring (bicyclic) bond motifs is 1. The first-order valence-corrected chi connectivity index (χ1v) is 9.30. The molecule has 7 nitrogen and oxygen atoms in total. The fourth-order valence-corrected chi connectivity index (χ4v) is 3.38. The quantitative estimate of drug-likeness (QED) is 0.632. The average molecular weight is 365 g/mol. The van der Waals surface area contributed by atoms with Crippen LogP contribution < -0.4 is 4.90 Å². The predicted octanol–water partition coefficient (Wildman–Crippen LogP) is 3.04. The lowest BCUT2D eigenvalue weighted by molar-refractivity contribution is -0.142. The molecule has 25 heavy (non-hydrogen) atoms. The third-order valence-electron chi connectivity index (χ3n) is 3.53. The molecule has 0 radical (unpaired) electrons. The van der Waals surface area contributed by atoms with Gasteiger partial charge in [-0.1, -0.05) is 6.92 Å². The van der Waals surface area contributed by atoms with Crippen LogP contribution in [0.4, 0.5) is 5.82 Å². The van der Waals surface area contributed by atoms with E-state index < -0.39 is 0 Å². The zero-order chi connectivity index (χ0) is 18.2. The van der Waals surface area contributed by atoms with Gasteiger partial charge < -0.3 is 14.4 Å². The standard InChI is InChI=1S/C17H23N3O4S/c1-4-8-20(9-7-13(21)23-5-2)15-14-12(17(22)24-6-3)10-25-16(14)19-11-18-15/h10-11H,4-9H2,1-3H3. The lowest BCUT2D eigenvalue weighted by atomic mass is 10.2. The fourth-order valence-electron chi connectivity index (χ4n) is 2.51. The molecular formula is C17H23N3O4S. The van der Waals surface area contributed by atoms with E-state index in [4.69, 9.17) is 9.47 Å². The Hall–Kier alpha value is -2.22. The van der Waals surface area contributed by atoms with E-state index in [1.165, 1.54) is 17.7 Å². The zero-order valence-corrected chi connectivity index (χ0v) is 15.6. The molecule has 0 saturated heterocycles. The van der Waals surface area contributed by atoms with Gasteiger partial charge in [-0.25, -0.2) is 14.8 Å². The third-order valence-corrected chi connectivity index (χ3v) is 4.42. The van der Waals surface area contributed by atoms with Crippen LogP contribution in [0.1, 0.15) is 44.0 Å². The van der Waals surface area contributed by atoms with Crippen LogP contribution in [0, 0.1) is 0 Å². The summed E-state index contributed by atoms with van der Waals surface area (Å²) in [5, 5.41) is 2.43. The van der Waals surface area contributed by atoms with Crippen molar-refractivity contribution in [1.82, 2.24) is 9.97 Å². The molecule has 2 rings (SSSR count). The molecule has 0 bridgehead atoms. The van der Waals surface area contributed by atoms with Crippen molar-refractivity contribution in [2.24, 2.45) is 0 Å². The predicted molar refractivity (Wildman–Crippen MR) is 97.1 cm³/mol. The Morgan fingerprint density at radius 1 is 1.12 bits per heavy atom. The topological polar surface area (TPSA) is 81.6 Å². The molecule has 0 spiro atoms. The second kappa shape index (κ2) is 9.31. The Kier molecular flexibility index (Phi) is 7.12. The van der Waals surface area contributed by atoms with Crippen LogP contribution in [0.2, 0.25) is 0 Å². The number of carbonyl (C=O) groups excluding carboxylic acids is 2. The maximum Gasteiger partial charge on any atom is 0.339 e. The number of esters is 2. The smallest absolute Gasteiger partial charge is 0.339 e. The molecule has 0 aliphatic heterocycles. The van der Waals surface area contributed by atoms with Gasteiger partial charge in [0.25, 0.3) is 0 Å². The van der Waals surface area contributed by atoms with Gasteiger partial charge in [0.1, 0.15) is 17.0 Å². The SMILES string of the molecule is CCCN(CCC(=O)OCC)c1ncnc2scc(C(=O)OCC)c12. The monoisotopic (exact) mass is 365 g/mol. The molecule has 0 amide bonds. The molecule has 0 aromatic carbocycles. The summed E-state index contributed by atoms with van der Waals surface area (Å²) in [6, 6.07) is 0. The molecule has 0 atom stereocenters. The van der Waals surface area contributed by atoms with Gasteiger partial charge in [0, 0.05) is 18.5 Å². The highest BCUT2D eigenvalue weighted by molar-refractivity contribution is 7.17. The van der Waals surface area contributed by atoms with Crippen molar-refractivity contribution in [2.45, 2.75) is 33.6 Å². The number of hydrogen-bond acceptors (Lipinski definition) is 8. The third kappa shape index (κ3) is 4.66. The number of aromatic nitrogens is 2. The summed E-state index contributed by atoms with van der Waals surface area (Å²) in [4.78, 5) is 35.3. The summed E-state index contributed by atoms with van der Waals surface area (Å²) in [5.41, 5.74) is 0.467. The Morgan fingerprint density at radius 3 is 2.56 bits per heavy atom. The van der Waals surface area contributed by atoms with Crippen LogP contribution in [-0.2, 0) is 14.3 Å². The minimum absolute atomic E-state index is 0.246. The molecule has 8 heteroatoms. The van der Waals surface area contributed by atoms with Gasteiger partial charge in [0.05, 0.1) is 30.6 Å². The van der Waals surface area contributed by atoms with E-state index in [1.54, 1.807) is 19.2 Å². The lowest BCUT2D eigenvalue weighted by Crippen LogP contribution is -2.28. The van der Waals surface area contributed by atoms with Crippen molar-refractivity contribution >= 4 is 39.3 Å². The molecular weight excluding hydrogens is 342 g/mol. The van der Waals surface area contributed by atoms with Crippen LogP contribution in [0.15, 0.2) is 11.7 Å². The van der Waals surface area contributed by atoms with Crippen molar-refractivity contribution in [3.05, 3.63) is 17.3 Å². The highest BCUT2D eigenvalue weighted by Gasteiger charge is 2.21. The maximum atomic E-state index is 12.2. The van der Waals surface area contributed by atoms with Crippen molar-refractivity contribution in [1.29, 1.82) is 0 Å². The van der Waals surface area contributed by atoms with E-state index in [-0.39, 0.29) is 18.4 Å². The van der Waals surface area contributed by atoms with E-state index in [2.05, 4.69) is 16.9 Å². The summed E-state index contributed by atoms with van der Waals surface area (Å²) in [7, 11) is 0. The Morgan fingerprint density at radius 2 is 1.88 bits per heavy atom. The van der Waals surface area contributed by atoms with Crippen molar-refractivity contribution < 1.29 is 19.1 Å². The number of nitrogens with zero attached hydrogens (tertiary/aromatic N) is 3. The van der Waals surface area contributed by atoms with Gasteiger partial charge in [-0.05, 0) is 20.3 Å². The van der Waals surface area contributed by atoms with Crippen LogP contribution in [-0.4, -0.2) is 48.2 Å². The number of carbonyl (C=O) groups is 2. The van der Waals surface area contributed by atoms with Gasteiger partial charge in [0.2, 0.25) is 0 Å².